The summed E-state index contributed by atoms with van der Waals surface area (Å²) >= 11 is 0. The lowest BCUT2D eigenvalue weighted by molar-refractivity contribution is 0.433. The van der Waals surface area contributed by atoms with Gasteiger partial charge in [-0.15, -0.1) is 0 Å². The zero-order chi connectivity index (χ0) is 19.8. The third-order valence-electron chi connectivity index (χ3n) is 4.45. The Labute approximate surface area is 159 Å². The molecule has 5 nitrogen and oxygen atoms in total. The molecule has 0 saturated carbocycles. The summed E-state index contributed by atoms with van der Waals surface area (Å²) in [6.07, 6.45) is 1.57. The number of benzene rings is 2. The van der Waals surface area contributed by atoms with E-state index in [1.165, 1.54) is 4.57 Å². The summed E-state index contributed by atoms with van der Waals surface area (Å²) in [6.45, 7) is 9.99. The molecule has 1 aromatic heterocycles. The first-order chi connectivity index (χ1) is 12.7. The van der Waals surface area contributed by atoms with E-state index in [-0.39, 0.29) is 17.0 Å². The van der Waals surface area contributed by atoms with Crippen molar-refractivity contribution in [3.63, 3.8) is 0 Å². The molecule has 0 amide bonds. The normalized spacial score (nSPS) is 12.0. The SMILES string of the molecule is Cc1ccc(-n2c(O)c(C=NNC(C)(C)C)c3ccccc3c2=O)cc1C. The van der Waals surface area contributed by atoms with E-state index < -0.39 is 0 Å². The van der Waals surface area contributed by atoms with Crippen molar-refractivity contribution in [2.75, 3.05) is 0 Å². The predicted molar refractivity (Wildman–Crippen MR) is 111 cm³/mol. The van der Waals surface area contributed by atoms with Gasteiger partial charge in [-0.3, -0.25) is 4.79 Å². The van der Waals surface area contributed by atoms with Crippen LogP contribution < -0.4 is 11.0 Å². The predicted octanol–water partition coefficient (Wildman–Crippen LogP) is 4.04. The zero-order valence-electron chi connectivity index (χ0n) is 16.4. The fraction of sp³-hybridized carbons (Fsp3) is 0.273. The third-order valence-corrected chi connectivity index (χ3v) is 4.45. The average Bonchev–Trinajstić information content (AvgIpc) is 2.60. The van der Waals surface area contributed by atoms with Gasteiger partial charge in [-0.1, -0.05) is 24.3 Å². The van der Waals surface area contributed by atoms with E-state index in [0.29, 0.717) is 22.0 Å². The Morgan fingerprint density at radius 2 is 1.70 bits per heavy atom. The van der Waals surface area contributed by atoms with Crippen molar-refractivity contribution in [3.8, 4) is 11.6 Å². The minimum absolute atomic E-state index is 0.124. The molecule has 0 saturated heterocycles. The first-order valence-corrected chi connectivity index (χ1v) is 8.93. The van der Waals surface area contributed by atoms with E-state index in [2.05, 4.69) is 10.5 Å². The number of pyridine rings is 1. The molecule has 3 rings (SSSR count). The molecule has 5 heteroatoms. The average molecular weight is 363 g/mol. The maximum absolute atomic E-state index is 13.1. The van der Waals surface area contributed by atoms with Gasteiger partial charge >= 0.3 is 0 Å². The van der Waals surface area contributed by atoms with Crippen LogP contribution in [-0.2, 0) is 0 Å². The van der Waals surface area contributed by atoms with Gasteiger partial charge in [0.05, 0.1) is 17.5 Å². The van der Waals surface area contributed by atoms with E-state index in [9.17, 15) is 9.90 Å². The molecule has 2 aromatic carbocycles. The van der Waals surface area contributed by atoms with Crippen LogP contribution >= 0.6 is 0 Å². The minimum Gasteiger partial charge on any atom is -0.494 e. The molecular formula is C22H25N3O2. The highest BCUT2D eigenvalue weighted by Crippen LogP contribution is 2.26. The summed E-state index contributed by atoms with van der Waals surface area (Å²) in [5, 5.41) is 16.4. The number of aromatic nitrogens is 1. The van der Waals surface area contributed by atoms with Gasteiger partial charge in [-0.05, 0) is 63.9 Å². The molecule has 0 aliphatic rings. The number of hydrazone groups is 1. The Morgan fingerprint density at radius 3 is 2.33 bits per heavy atom. The van der Waals surface area contributed by atoms with Crippen molar-refractivity contribution >= 4 is 17.0 Å². The molecule has 140 valence electrons. The van der Waals surface area contributed by atoms with Gasteiger partial charge in [-0.25, -0.2) is 4.57 Å². The monoisotopic (exact) mass is 363 g/mol. The van der Waals surface area contributed by atoms with E-state index >= 15 is 0 Å². The van der Waals surface area contributed by atoms with Crippen molar-refractivity contribution in [1.29, 1.82) is 0 Å². The number of nitrogens with one attached hydrogen (secondary N) is 1. The number of hydrogen-bond acceptors (Lipinski definition) is 4. The third kappa shape index (κ3) is 3.72. The topological polar surface area (TPSA) is 66.6 Å². The van der Waals surface area contributed by atoms with Crippen molar-refractivity contribution in [3.05, 3.63) is 69.5 Å². The van der Waals surface area contributed by atoms with E-state index in [1.54, 1.807) is 12.3 Å². The number of rotatable bonds is 3. The first-order valence-electron chi connectivity index (χ1n) is 8.93. The lowest BCUT2D eigenvalue weighted by Crippen LogP contribution is -2.31. The van der Waals surface area contributed by atoms with Crippen LogP contribution in [-0.4, -0.2) is 21.4 Å². The number of nitrogens with zero attached hydrogens (tertiary/aromatic N) is 2. The molecule has 0 aliphatic carbocycles. The summed E-state index contributed by atoms with van der Waals surface area (Å²) < 4.78 is 1.34. The molecule has 0 radical (unpaired) electrons. The van der Waals surface area contributed by atoms with Gasteiger partial charge in [0.2, 0.25) is 5.88 Å². The quantitative estimate of drug-likeness (QED) is 0.545. The van der Waals surface area contributed by atoms with Crippen molar-refractivity contribution in [1.82, 2.24) is 9.99 Å². The summed E-state index contributed by atoms with van der Waals surface area (Å²) in [5.41, 5.74) is 5.87. The second-order valence-electron chi connectivity index (χ2n) is 7.81. The highest BCUT2D eigenvalue weighted by molar-refractivity contribution is 6.01. The maximum Gasteiger partial charge on any atom is 0.265 e. The largest absolute Gasteiger partial charge is 0.494 e. The van der Waals surface area contributed by atoms with Crippen LogP contribution in [0.25, 0.3) is 16.5 Å². The van der Waals surface area contributed by atoms with Gasteiger partial charge in [0.15, 0.2) is 0 Å². The molecule has 0 atom stereocenters. The lowest BCUT2D eigenvalue weighted by Gasteiger charge is -2.18. The van der Waals surface area contributed by atoms with Crippen LogP contribution in [0.5, 0.6) is 5.88 Å². The molecule has 27 heavy (non-hydrogen) atoms. The summed E-state index contributed by atoms with van der Waals surface area (Å²) in [7, 11) is 0. The number of fused-ring (bicyclic) bond motifs is 1. The highest BCUT2D eigenvalue weighted by Gasteiger charge is 2.17. The zero-order valence-corrected chi connectivity index (χ0v) is 16.4. The highest BCUT2D eigenvalue weighted by atomic mass is 16.3. The Hall–Kier alpha value is -3.08. The number of aryl methyl sites for hydroxylation is 2. The Balaban J connectivity index is 2.29. The van der Waals surface area contributed by atoms with E-state index in [0.717, 1.165) is 11.1 Å². The van der Waals surface area contributed by atoms with Crippen molar-refractivity contribution in [2.45, 2.75) is 40.2 Å². The van der Waals surface area contributed by atoms with Gasteiger partial charge < -0.3 is 10.5 Å². The molecule has 3 aromatic rings. The number of aromatic hydroxyl groups is 1. The van der Waals surface area contributed by atoms with Crippen molar-refractivity contribution in [2.24, 2.45) is 5.10 Å². The van der Waals surface area contributed by atoms with Crippen LogP contribution in [0.2, 0.25) is 0 Å². The van der Waals surface area contributed by atoms with Gasteiger partial charge in [0.1, 0.15) is 0 Å². The fourth-order valence-electron chi connectivity index (χ4n) is 2.88. The van der Waals surface area contributed by atoms with Gasteiger partial charge in [-0.2, -0.15) is 5.10 Å². The Morgan fingerprint density at radius 1 is 1.04 bits per heavy atom. The number of hydrogen-bond donors (Lipinski definition) is 2. The first kappa shape index (κ1) is 18.7. The fourth-order valence-corrected chi connectivity index (χ4v) is 2.88. The molecule has 0 spiro atoms. The molecule has 0 bridgehead atoms. The second kappa shape index (κ2) is 6.91. The molecule has 1 heterocycles. The van der Waals surface area contributed by atoms with Crippen LogP contribution in [0.1, 0.15) is 37.5 Å². The molecule has 0 fully saturated rings. The van der Waals surface area contributed by atoms with Crippen LogP contribution in [0.4, 0.5) is 0 Å². The van der Waals surface area contributed by atoms with E-state index in [1.807, 2.05) is 71.0 Å². The molecular weight excluding hydrogens is 338 g/mol. The summed E-state index contributed by atoms with van der Waals surface area (Å²) in [5.74, 6) is -0.124. The Bertz CT molecular complexity index is 1090. The minimum atomic E-state index is -0.257. The molecule has 2 N–H and O–H groups in total. The maximum atomic E-state index is 13.1. The van der Waals surface area contributed by atoms with Gasteiger partial charge in [0, 0.05) is 16.3 Å². The Kier molecular flexibility index (Phi) is 4.79. The smallest absolute Gasteiger partial charge is 0.265 e. The van der Waals surface area contributed by atoms with Crippen LogP contribution in [0.3, 0.4) is 0 Å². The lowest BCUT2D eigenvalue weighted by atomic mass is 10.1. The molecule has 0 unspecified atom stereocenters. The van der Waals surface area contributed by atoms with Crippen molar-refractivity contribution < 1.29 is 5.11 Å². The van der Waals surface area contributed by atoms with Gasteiger partial charge in [0.25, 0.3) is 5.56 Å². The van der Waals surface area contributed by atoms with Crippen LogP contribution in [0, 0.1) is 13.8 Å². The summed E-state index contributed by atoms with van der Waals surface area (Å²) in [4.78, 5) is 13.1. The summed E-state index contributed by atoms with van der Waals surface area (Å²) in [6, 6.07) is 12.9. The second-order valence-corrected chi connectivity index (χ2v) is 7.81. The van der Waals surface area contributed by atoms with E-state index in [4.69, 9.17) is 0 Å². The van der Waals surface area contributed by atoms with Crippen LogP contribution in [0.15, 0.2) is 52.4 Å². The standard InChI is InChI=1S/C22H25N3O2/c1-14-10-11-16(12-15(14)2)25-20(26)18-9-7-6-8-17(18)19(21(25)27)13-23-24-22(3,4)5/h6-13,24,27H,1-5H3. The molecule has 0 aliphatic heterocycles.